The molecule has 3 nitrogen and oxygen atoms in total. The van der Waals surface area contributed by atoms with Crippen molar-refractivity contribution in [2.24, 2.45) is 5.92 Å². The molecule has 2 fully saturated rings. The smallest absolute Gasteiger partial charge is 0.0991 e. The number of hydrogen-bond acceptors (Lipinski definition) is 3. The SMILES string of the molecule is N#Cc1ccc(NC2CCCCC2C2CCCN2)cc1. The molecular formula is C17H23N3. The Morgan fingerprint density at radius 1 is 1.05 bits per heavy atom. The van der Waals surface area contributed by atoms with E-state index in [1.807, 2.05) is 24.3 Å². The molecule has 0 spiro atoms. The first kappa shape index (κ1) is 13.5. The van der Waals surface area contributed by atoms with Gasteiger partial charge in [-0.05, 0) is 62.4 Å². The van der Waals surface area contributed by atoms with Gasteiger partial charge in [-0.25, -0.2) is 0 Å². The average Bonchev–Trinajstić information content (AvgIpc) is 3.03. The second-order valence-corrected chi connectivity index (χ2v) is 6.09. The van der Waals surface area contributed by atoms with E-state index in [1.54, 1.807) is 0 Å². The minimum Gasteiger partial charge on any atom is -0.382 e. The van der Waals surface area contributed by atoms with E-state index in [1.165, 1.54) is 45.1 Å². The number of rotatable bonds is 3. The monoisotopic (exact) mass is 269 g/mol. The van der Waals surface area contributed by atoms with E-state index in [9.17, 15) is 0 Å². The minimum atomic E-state index is 0.576. The highest BCUT2D eigenvalue weighted by Crippen LogP contribution is 2.32. The summed E-state index contributed by atoms with van der Waals surface area (Å²) in [6.45, 7) is 1.19. The Kier molecular flexibility index (Phi) is 4.22. The molecule has 1 aliphatic carbocycles. The molecule has 1 aromatic carbocycles. The number of nitrogens with one attached hydrogen (secondary N) is 2. The van der Waals surface area contributed by atoms with Gasteiger partial charge in [0.1, 0.15) is 0 Å². The Hall–Kier alpha value is -1.53. The highest BCUT2D eigenvalue weighted by Gasteiger charge is 2.33. The summed E-state index contributed by atoms with van der Waals surface area (Å²) in [5, 5.41) is 16.2. The van der Waals surface area contributed by atoms with Crippen LogP contribution in [0.2, 0.25) is 0 Å². The van der Waals surface area contributed by atoms with Crippen LogP contribution in [0.15, 0.2) is 24.3 Å². The maximum Gasteiger partial charge on any atom is 0.0991 e. The summed E-state index contributed by atoms with van der Waals surface area (Å²) >= 11 is 0. The van der Waals surface area contributed by atoms with Gasteiger partial charge in [0.15, 0.2) is 0 Å². The number of anilines is 1. The lowest BCUT2D eigenvalue weighted by Crippen LogP contribution is -2.43. The van der Waals surface area contributed by atoms with Gasteiger partial charge in [-0.1, -0.05) is 12.8 Å². The average molecular weight is 269 g/mol. The number of benzene rings is 1. The molecule has 0 radical (unpaired) electrons. The van der Waals surface area contributed by atoms with Gasteiger partial charge in [0.2, 0.25) is 0 Å². The third-order valence-corrected chi connectivity index (χ3v) is 4.80. The van der Waals surface area contributed by atoms with Gasteiger partial charge >= 0.3 is 0 Å². The second-order valence-electron chi connectivity index (χ2n) is 6.09. The zero-order valence-electron chi connectivity index (χ0n) is 11.9. The summed E-state index contributed by atoms with van der Waals surface area (Å²) in [7, 11) is 0. The molecule has 3 unspecified atom stereocenters. The van der Waals surface area contributed by atoms with Crippen molar-refractivity contribution in [2.75, 3.05) is 11.9 Å². The van der Waals surface area contributed by atoms with Crippen molar-refractivity contribution in [1.82, 2.24) is 5.32 Å². The van der Waals surface area contributed by atoms with Gasteiger partial charge in [0.05, 0.1) is 11.6 Å². The van der Waals surface area contributed by atoms with E-state index in [0.29, 0.717) is 12.1 Å². The van der Waals surface area contributed by atoms with Crippen LogP contribution in [0.25, 0.3) is 0 Å². The van der Waals surface area contributed by atoms with Crippen molar-refractivity contribution in [3.8, 4) is 6.07 Å². The Balaban J connectivity index is 1.68. The van der Waals surface area contributed by atoms with Crippen LogP contribution in [-0.2, 0) is 0 Å². The first-order chi connectivity index (χ1) is 9.86. The Labute approximate surface area is 121 Å². The molecule has 0 bridgehead atoms. The summed E-state index contributed by atoms with van der Waals surface area (Å²) in [5.41, 5.74) is 1.88. The van der Waals surface area contributed by atoms with Gasteiger partial charge in [0, 0.05) is 17.8 Å². The van der Waals surface area contributed by atoms with Crippen LogP contribution in [0.5, 0.6) is 0 Å². The predicted octanol–water partition coefficient (Wildman–Crippen LogP) is 3.28. The topological polar surface area (TPSA) is 47.9 Å². The molecule has 1 aliphatic heterocycles. The summed E-state index contributed by atoms with van der Waals surface area (Å²) < 4.78 is 0. The van der Waals surface area contributed by atoms with Crippen LogP contribution in [-0.4, -0.2) is 18.6 Å². The predicted molar refractivity (Wildman–Crippen MR) is 81.6 cm³/mol. The van der Waals surface area contributed by atoms with Crippen molar-refractivity contribution in [3.05, 3.63) is 29.8 Å². The van der Waals surface area contributed by atoms with Crippen LogP contribution in [0.3, 0.4) is 0 Å². The first-order valence-electron chi connectivity index (χ1n) is 7.87. The third kappa shape index (κ3) is 2.96. The highest BCUT2D eigenvalue weighted by atomic mass is 15.0. The van der Waals surface area contributed by atoms with Crippen LogP contribution < -0.4 is 10.6 Å². The van der Waals surface area contributed by atoms with E-state index >= 15 is 0 Å². The van der Waals surface area contributed by atoms with Crippen molar-refractivity contribution >= 4 is 5.69 Å². The summed E-state index contributed by atoms with van der Waals surface area (Å²) in [6, 6.07) is 11.3. The quantitative estimate of drug-likeness (QED) is 0.885. The van der Waals surface area contributed by atoms with Gasteiger partial charge in [-0.15, -0.1) is 0 Å². The maximum atomic E-state index is 8.86. The molecule has 0 aromatic heterocycles. The molecule has 3 rings (SSSR count). The van der Waals surface area contributed by atoms with Crippen molar-refractivity contribution in [1.29, 1.82) is 5.26 Å². The van der Waals surface area contributed by atoms with E-state index in [0.717, 1.165) is 17.2 Å². The number of hydrogen-bond donors (Lipinski definition) is 2. The van der Waals surface area contributed by atoms with E-state index < -0.39 is 0 Å². The van der Waals surface area contributed by atoms with E-state index in [2.05, 4.69) is 16.7 Å². The lowest BCUT2D eigenvalue weighted by Gasteiger charge is -2.36. The molecule has 1 heterocycles. The molecule has 2 aliphatic rings. The Bertz CT molecular complexity index is 468. The fourth-order valence-electron chi connectivity index (χ4n) is 3.75. The fourth-order valence-corrected chi connectivity index (χ4v) is 3.75. The largest absolute Gasteiger partial charge is 0.382 e. The molecule has 2 N–H and O–H groups in total. The number of nitriles is 1. The van der Waals surface area contributed by atoms with Gasteiger partial charge < -0.3 is 10.6 Å². The minimum absolute atomic E-state index is 0.576. The van der Waals surface area contributed by atoms with Gasteiger partial charge in [0.25, 0.3) is 0 Å². The molecular weight excluding hydrogens is 246 g/mol. The van der Waals surface area contributed by atoms with Crippen LogP contribution in [0, 0.1) is 17.2 Å². The van der Waals surface area contributed by atoms with Crippen molar-refractivity contribution < 1.29 is 0 Å². The van der Waals surface area contributed by atoms with Gasteiger partial charge in [-0.3, -0.25) is 0 Å². The summed E-state index contributed by atoms with van der Waals surface area (Å²) in [5.74, 6) is 0.752. The lowest BCUT2D eigenvalue weighted by molar-refractivity contribution is 0.263. The van der Waals surface area contributed by atoms with Crippen molar-refractivity contribution in [2.45, 2.75) is 50.6 Å². The van der Waals surface area contributed by atoms with E-state index in [4.69, 9.17) is 5.26 Å². The maximum absolute atomic E-state index is 8.86. The lowest BCUT2D eigenvalue weighted by atomic mass is 9.79. The zero-order valence-corrected chi connectivity index (χ0v) is 11.9. The Morgan fingerprint density at radius 2 is 1.85 bits per heavy atom. The molecule has 3 heteroatoms. The van der Waals surface area contributed by atoms with Gasteiger partial charge in [-0.2, -0.15) is 5.26 Å². The second kappa shape index (κ2) is 6.28. The molecule has 20 heavy (non-hydrogen) atoms. The Morgan fingerprint density at radius 3 is 2.55 bits per heavy atom. The molecule has 1 aromatic rings. The molecule has 106 valence electrons. The van der Waals surface area contributed by atoms with E-state index in [-0.39, 0.29) is 0 Å². The highest BCUT2D eigenvalue weighted by molar-refractivity contribution is 5.48. The summed E-state index contributed by atoms with van der Waals surface area (Å²) in [6.07, 6.45) is 7.96. The molecule has 1 saturated heterocycles. The molecule has 0 amide bonds. The summed E-state index contributed by atoms with van der Waals surface area (Å²) in [4.78, 5) is 0. The molecule has 3 atom stereocenters. The normalized spacial score (nSPS) is 29.9. The zero-order chi connectivity index (χ0) is 13.8. The first-order valence-corrected chi connectivity index (χ1v) is 7.87. The molecule has 1 saturated carbocycles. The van der Waals surface area contributed by atoms with Crippen molar-refractivity contribution in [3.63, 3.8) is 0 Å². The van der Waals surface area contributed by atoms with Crippen LogP contribution in [0.4, 0.5) is 5.69 Å². The number of nitrogens with zero attached hydrogens (tertiary/aromatic N) is 1. The third-order valence-electron chi connectivity index (χ3n) is 4.80. The van der Waals surface area contributed by atoms with Crippen LogP contribution >= 0.6 is 0 Å². The fraction of sp³-hybridized carbons (Fsp3) is 0.588. The van der Waals surface area contributed by atoms with Crippen LogP contribution in [0.1, 0.15) is 44.1 Å². The standard InChI is InChI=1S/C17H23N3/c18-12-13-7-9-14(10-8-13)20-17-5-2-1-4-15(17)16-6-3-11-19-16/h7-10,15-17,19-20H,1-6,11H2.